The normalized spacial score (nSPS) is 19.3. The van der Waals surface area contributed by atoms with Crippen molar-refractivity contribution in [2.75, 3.05) is 11.6 Å². The number of phenolic OH excluding ortho intramolecular Hbond substituents is 1. The number of aromatic nitrogens is 1. The highest BCUT2D eigenvalue weighted by atomic mass is 32.1. The van der Waals surface area contributed by atoms with Crippen LogP contribution < -0.4 is 5.01 Å². The predicted molar refractivity (Wildman–Crippen MR) is 106 cm³/mol. The highest BCUT2D eigenvalue weighted by Gasteiger charge is 2.66. The van der Waals surface area contributed by atoms with Crippen LogP contribution in [0, 0.1) is 0 Å². The summed E-state index contributed by atoms with van der Waals surface area (Å²) in [4.78, 5) is 15.6. The van der Waals surface area contributed by atoms with E-state index in [2.05, 4.69) is 10.1 Å². The van der Waals surface area contributed by atoms with Gasteiger partial charge >= 0.3 is 18.3 Å². The lowest BCUT2D eigenvalue weighted by molar-refractivity contribution is -0.237. The smallest absolute Gasteiger partial charge is 0.357 e. The summed E-state index contributed by atoms with van der Waals surface area (Å²) in [5, 5.41) is 24.9. The molecule has 1 aromatic heterocycles. The van der Waals surface area contributed by atoms with Crippen LogP contribution in [0.3, 0.4) is 0 Å². The minimum absolute atomic E-state index is 0.0219. The fourth-order valence-electron chi connectivity index (χ4n) is 2.74. The number of ether oxygens (including phenoxy) is 1. The third kappa shape index (κ3) is 4.39. The van der Waals surface area contributed by atoms with E-state index in [4.69, 9.17) is 4.74 Å². The van der Waals surface area contributed by atoms with Gasteiger partial charge in [0.1, 0.15) is 5.75 Å². The standard InChI is InChI=1S/C19H17F4N3O4S/c1-2-30-15(28)14-10-31-17(24-14)26-18(29,19(22,23)16(20)21)9-12(25-26)6-3-11-4-7-13(27)8-5-11/h3-8,10,16,27,29H,2,9H2,1H3/b6-3+/t18-/m0/s1. The van der Waals surface area contributed by atoms with Crippen molar-refractivity contribution in [3.05, 3.63) is 47.0 Å². The van der Waals surface area contributed by atoms with Crippen LogP contribution in [0.5, 0.6) is 5.75 Å². The number of carbonyl (C=O) groups is 1. The Morgan fingerprint density at radius 1 is 1.35 bits per heavy atom. The number of rotatable bonds is 7. The summed E-state index contributed by atoms with van der Waals surface area (Å²) in [6.45, 7) is 1.61. The Morgan fingerprint density at radius 2 is 2.03 bits per heavy atom. The molecule has 2 heterocycles. The molecule has 1 aromatic carbocycles. The van der Waals surface area contributed by atoms with Gasteiger partial charge in [-0.3, -0.25) is 0 Å². The minimum atomic E-state index is -4.86. The number of benzene rings is 1. The molecule has 0 amide bonds. The monoisotopic (exact) mass is 459 g/mol. The number of hydrogen-bond acceptors (Lipinski definition) is 8. The van der Waals surface area contributed by atoms with Crippen molar-refractivity contribution < 1.29 is 37.3 Å². The summed E-state index contributed by atoms with van der Waals surface area (Å²) in [7, 11) is 0. The van der Waals surface area contributed by atoms with Crippen LogP contribution in [0.25, 0.3) is 6.08 Å². The number of nitrogens with zero attached hydrogens (tertiary/aromatic N) is 3. The number of aromatic hydroxyl groups is 1. The van der Waals surface area contributed by atoms with Gasteiger partial charge in [-0.2, -0.15) is 18.9 Å². The number of alkyl halides is 4. The third-order valence-electron chi connectivity index (χ3n) is 4.33. The van der Waals surface area contributed by atoms with E-state index in [0.29, 0.717) is 21.9 Å². The highest BCUT2D eigenvalue weighted by molar-refractivity contribution is 7.14. The maximum atomic E-state index is 14.4. The number of anilines is 1. The number of thiazole rings is 1. The Bertz CT molecular complexity index is 1010. The summed E-state index contributed by atoms with van der Waals surface area (Å²) in [5.41, 5.74) is -3.18. The first-order valence-corrected chi connectivity index (χ1v) is 9.82. The fourth-order valence-corrected chi connectivity index (χ4v) is 3.55. The molecular weight excluding hydrogens is 442 g/mol. The molecule has 31 heavy (non-hydrogen) atoms. The molecule has 3 rings (SSSR count). The Balaban J connectivity index is 1.96. The molecule has 1 aliphatic heterocycles. The molecule has 0 saturated carbocycles. The fraction of sp³-hybridized carbons (Fsp3) is 0.316. The minimum Gasteiger partial charge on any atom is -0.508 e. The average Bonchev–Trinajstić information content (AvgIpc) is 3.33. The van der Waals surface area contributed by atoms with Crippen molar-refractivity contribution in [3.8, 4) is 5.75 Å². The van der Waals surface area contributed by atoms with Crippen molar-refractivity contribution in [2.45, 2.75) is 31.4 Å². The highest BCUT2D eigenvalue weighted by Crippen LogP contribution is 2.45. The van der Waals surface area contributed by atoms with E-state index < -0.39 is 30.5 Å². The van der Waals surface area contributed by atoms with Gasteiger partial charge in [-0.1, -0.05) is 18.2 Å². The molecule has 0 unspecified atom stereocenters. The second-order valence-corrected chi connectivity index (χ2v) is 7.32. The molecule has 0 saturated heterocycles. The second-order valence-electron chi connectivity index (χ2n) is 6.48. The third-order valence-corrected chi connectivity index (χ3v) is 5.15. The van der Waals surface area contributed by atoms with Crippen molar-refractivity contribution >= 4 is 34.2 Å². The first-order chi connectivity index (χ1) is 14.6. The zero-order valence-corrected chi connectivity index (χ0v) is 16.8. The SMILES string of the molecule is CCOC(=O)c1csc(N2N=C(/C=C/c3ccc(O)cc3)C[C@]2(O)C(F)(F)C(F)F)n1. The molecule has 0 bridgehead atoms. The molecule has 2 N–H and O–H groups in total. The Hall–Kier alpha value is -2.99. The number of carbonyl (C=O) groups excluding carboxylic acids is 1. The van der Waals surface area contributed by atoms with Gasteiger partial charge in [0.15, 0.2) is 5.69 Å². The maximum absolute atomic E-state index is 14.4. The quantitative estimate of drug-likeness (QED) is 0.482. The summed E-state index contributed by atoms with van der Waals surface area (Å²) >= 11 is 0.666. The number of hydrazone groups is 1. The zero-order valence-electron chi connectivity index (χ0n) is 16.0. The lowest BCUT2D eigenvalue weighted by atomic mass is 9.99. The van der Waals surface area contributed by atoms with E-state index in [1.807, 2.05) is 0 Å². The van der Waals surface area contributed by atoms with Crippen molar-refractivity contribution in [3.63, 3.8) is 0 Å². The van der Waals surface area contributed by atoms with Crippen molar-refractivity contribution in [1.82, 2.24) is 4.98 Å². The summed E-state index contributed by atoms with van der Waals surface area (Å²) in [5.74, 6) is -5.67. The van der Waals surface area contributed by atoms with Gasteiger partial charge in [-0.15, -0.1) is 11.3 Å². The van der Waals surface area contributed by atoms with Gasteiger partial charge in [0.2, 0.25) is 10.9 Å². The molecule has 2 aromatic rings. The number of aliphatic hydroxyl groups is 1. The molecule has 1 aliphatic rings. The number of esters is 1. The van der Waals surface area contributed by atoms with Crippen LogP contribution in [0.4, 0.5) is 22.7 Å². The van der Waals surface area contributed by atoms with Crippen LogP contribution >= 0.6 is 11.3 Å². The largest absolute Gasteiger partial charge is 0.508 e. The molecule has 1 atom stereocenters. The maximum Gasteiger partial charge on any atom is 0.357 e. The molecule has 0 fully saturated rings. The summed E-state index contributed by atoms with van der Waals surface area (Å²) < 4.78 is 59.7. The molecule has 0 radical (unpaired) electrons. The number of phenols is 1. The van der Waals surface area contributed by atoms with E-state index >= 15 is 0 Å². The van der Waals surface area contributed by atoms with Crippen molar-refractivity contribution in [1.29, 1.82) is 0 Å². The van der Waals surface area contributed by atoms with Crippen LogP contribution in [-0.4, -0.2) is 51.6 Å². The Labute approximate surface area is 177 Å². The van der Waals surface area contributed by atoms with E-state index in [9.17, 15) is 32.6 Å². The number of halogens is 4. The molecule has 7 nitrogen and oxygen atoms in total. The summed E-state index contributed by atoms with van der Waals surface area (Å²) in [6.07, 6.45) is -2.37. The summed E-state index contributed by atoms with van der Waals surface area (Å²) in [6, 6.07) is 5.86. The van der Waals surface area contributed by atoms with E-state index in [-0.39, 0.29) is 28.9 Å². The second kappa shape index (κ2) is 8.63. The average molecular weight is 459 g/mol. The van der Waals surface area contributed by atoms with Gasteiger partial charge in [-0.25, -0.2) is 18.6 Å². The van der Waals surface area contributed by atoms with E-state index in [1.165, 1.54) is 41.8 Å². The topological polar surface area (TPSA) is 95.2 Å². The van der Waals surface area contributed by atoms with E-state index in [1.54, 1.807) is 6.92 Å². The van der Waals surface area contributed by atoms with Gasteiger partial charge in [-0.05, 0) is 30.7 Å². The Morgan fingerprint density at radius 3 is 2.65 bits per heavy atom. The first-order valence-electron chi connectivity index (χ1n) is 8.94. The molecular formula is C19H17F4N3O4S. The van der Waals surface area contributed by atoms with Gasteiger partial charge in [0.25, 0.3) is 0 Å². The molecule has 0 aliphatic carbocycles. The van der Waals surface area contributed by atoms with Crippen molar-refractivity contribution in [2.24, 2.45) is 5.10 Å². The lowest BCUT2D eigenvalue weighted by Crippen LogP contribution is -2.60. The predicted octanol–water partition coefficient (Wildman–Crippen LogP) is 3.89. The number of hydrogen-bond donors (Lipinski definition) is 2. The lowest BCUT2D eigenvalue weighted by Gasteiger charge is -2.36. The Kier molecular flexibility index (Phi) is 6.32. The van der Waals surface area contributed by atoms with Gasteiger partial charge in [0.05, 0.1) is 12.3 Å². The van der Waals surface area contributed by atoms with Crippen LogP contribution in [0.15, 0.2) is 40.8 Å². The number of allylic oxidation sites excluding steroid dienone is 1. The molecule has 12 heteroatoms. The van der Waals surface area contributed by atoms with Gasteiger partial charge in [0, 0.05) is 11.8 Å². The van der Waals surface area contributed by atoms with Crippen LogP contribution in [0.1, 0.15) is 29.4 Å². The zero-order chi connectivity index (χ0) is 22.8. The molecule has 166 valence electrons. The van der Waals surface area contributed by atoms with Crippen LogP contribution in [0.2, 0.25) is 0 Å². The van der Waals surface area contributed by atoms with Crippen LogP contribution in [-0.2, 0) is 4.74 Å². The van der Waals surface area contributed by atoms with Gasteiger partial charge < -0.3 is 14.9 Å². The first kappa shape index (κ1) is 22.7. The van der Waals surface area contributed by atoms with E-state index in [0.717, 1.165) is 0 Å². The molecule has 0 spiro atoms.